The lowest BCUT2D eigenvalue weighted by Crippen LogP contribution is -2.11. The van der Waals surface area contributed by atoms with Crippen molar-refractivity contribution in [2.24, 2.45) is 0 Å². The molecule has 0 unspecified atom stereocenters. The molecule has 0 fully saturated rings. The third kappa shape index (κ3) is 7.04. The molecule has 31 heavy (non-hydrogen) atoms. The van der Waals surface area contributed by atoms with E-state index < -0.39 is 17.9 Å². The Morgan fingerprint density at radius 3 is 1.81 bits per heavy atom. The van der Waals surface area contributed by atoms with Crippen molar-refractivity contribution < 1.29 is 38.1 Å². The largest absolute Gasteiger partial charge is 0.457 e. The van der Waals surface area contributed by atoms with Crippen molar-refractivity contribution in [2.45, 2.75) is 13.8 Å². The summed E-state index contributed by atoms with van der Waals surface area (Å²) in [7, 11) is 0. The van der Waals surface area contributed by atoms with Crippen LogP contribution in [0.25, 0.3) is 0 Å². The molecule has 2 aromatic rings. The second-order valence-electron chi connectivity index (χ2n) is 6.16. The van der Waals surface area contributed by atoms with Gasteiger partial charge in [0, 0.05) is 12.2 Å². The van der Waals surface area contributed by atoms with Crippen LogP contribution in [-0.4, -0.2) is 31.5 Å². The topological polar surface area (TPSA) is 97.4 Å². The highest BCUT2D eigenvalue weighted by molar-refractivity contribution is 5.91. The van der Waals surface area contributed by atoms with Crippen molar-refractivity contribution >= 4 is 17.9 Å². The zero-order valence-electron chi connectivity index (χ0n) is 17.2. The molecule has 0 bridgehead atoms. The molecule has 2 aromatic carbocycles. The Morgan fingerprint density at radius 1 is 0.806 bits per heavy atom. The maximum Gasteiger partial charge on any atom is 0.343 e. The average Bonchev–Trinajstić information content (AvgIpc) is 2.75. The fraction of sp³-hybridized carbons (Fsp3) is 0.174. The highest BCUT2D eigenvalue weighted by Crippen LogP contribution is 2.25. The predicted octanol–water partition coefficient (Wildman–Crippen LogP) is 3.65. The van der Waals surface area contributed by atoms with E-state index in [-0.39, 0.29) is 13.6 Å². The summed E-state index contributed by atoms with van der Waals surface area (Å²) in [5.74, 6) is -0.475. The van der Waals surface area contributed by atoms with E-state index in [0.717, 1.165) is 12.2 Å². The van der Waals surface area contributed by atoms with Gasteiger partial charge in [-0.3, -0.25) is 0 Å². The molecular formula is C23H22O8. The Morgan fingerprint density at radius 2 is 1.32 bits per heavy atom. The lowest BCUT2D eigenvalue weighted by atomic mass is 10.1. The number of hydrogen-bond acceptors (Lipinski definition) is 8. The summed E-state index contributed by atoms with van der Waals surface area (Å²) in [5, 5.41) is 0. The van der Waals surface area contributed by atoms with E-state index in [1.54, 1.807) is 44.2 Å². The summed E-state index contributed by atoms with van der Waals surface area (Å²) < 4.78 is 25.6. The number of carbonyl (C=O) groups excluding carboxylic acids is 3. The first kappa shape index (κ1) is 23.2. The van der Waals surface area contributed by atoms with Crippen molar-refractivity contribution in [3.8, 4) is 17.2 Å². The van der Waals surface area contributed by atoms with Crippen molar-refractivity contribution in [3.63, 3.8) is 0 Å². The molecule has 0 spiro atoms. The van der Waals surface area contributed by atoms with Gasteiger partial charge in [-0.05, 0) is 61.4 Å². The minimum atomic E-state index is -0.595. The third-order valence-corrected chi connectivity index (χ3v) is 3.93. The van der Waals surface area contributed by atoms with Gasteiger partial charge in [0.1, 0.15) is 17.2 Å². The first-order valence-electron chi connectivity index (χ1n) is 9.11. The van der Waals surface area contributed by atoms with Crippen LogP contribution in [-0.2, 0) is 19.1 Å². The summed E-state index contributed by atoms with van der Waals surface area (Å²) in [6.45, 7) is 9.57. The van der Waals surface area contributed by atoms with Crippen LogP contribution in [0.5, 0.6) is 17.2 Å². The van der Waals surface area contributed by atoms with Crippen LogP contribution in [0.1, 0.15) is 21.5 Å². The molecule has 8 nitrogen and oxygen atoms in total. The molecule has 8 heteroatoms. The molecule has 0 heterocycles. The smallest absolute Gasteiger partial charge is 0.343 e. The number of hydrogen-bond donors (Lipinski definition) is 0. The summed E-state index contributed by atoms with van der Waals surface area (Å²) in [4.78, 5) is 34.5. The zero-order valence-corrected chi connectivity index (χ0v) is 17.2. The molecule has 0 saturated carbocycles. The van der Waals surface area contributed by atoms with Crippen LogP contribution in [0.3, 0.4) is 0 Å². The van der Waals surface area contributed by atoms with Gasteiger partial charge in [-0.25, -0.2) is 14.4 Å². The van der Waals surface area contributed by atoms with E-state index in [4.69, 9.17) is 23.7 Å². The Kier molecular flexibility index (Phi) is 8.39. The normalized spacial score (nSPS) is 9.87. The second-order valence-corrected chi connectivity index (χ2v) is 6.16. The molecule has 0 aliphatic rings. The van der Waals surface area contributed by atoms with Crippen molar-refractivity contribution in [3.05, 3.63) is 78.4 Å². The molecule has 0 amide bonds. The van der Waals surface area contributed by atoms with Gasteiger partial charge in [-0.1, -0.05) is 13.2 Å². The minimum Gasteiger partial charge on any atom is -0.457 e. The van der Waals surface area contributed by atoms with E-state index in [1.165, 1.54) is 6.07 Å². The molecule has 0 saturated heterocycles. The summed E-state index contributed by atoms with van der Waals surface area (Å²) in [6.07, 6.45) is 2.07. The van der Waals surface area contributed by atoms with Crippen molar-refractivity contribution in [1.29, 1.82) is 0 Å². The fourth-order valence-electron chi connectivity index (χ4n) is 2.37. The number of esters is 3. The molecule has 0 aromatic heterocycles. The number of carbonyl (C=O) groups is 3. The molecular weight excluding hydrogens is 404 g/mol. The molecule has 0 aliphatic heterocycles. The summed E-state index contributed by atoms with van der Waals surface area (Å²) in [6, 6.07) is 9.52. The molecule has 0 atom stereocenters. The first-order chi connectivity index (χ1) is 14.8. The number of ether oxygens (including phenoxy) is 5. The highest BCUT2D eigenvalue weighted by atomic mass is 16.7. The monoisotopic (exact) mass is 426 g/mol. The Labute approximate surface area is 179 Å². The standard InChI is InChI=1S/C23H22O8/c1-5-21(24)29-13-27-19-9-7-17(11-15(19)3)23(26)31-18-8-10-20(16(4)12-18)28-14-30-22(25)6-2/h5-12H,1-2,13-14H2,3-4H3. The van der Waals surface area contributed by atoms with Crippen LogP contribution in [0.15, 0.2) is 61.7 Å². The van der Waals surface area contributed by atoms with Gasteiger partial charge < -0.3 is 23.7 Å². The van der Waals surface area contributed by atoms with E-state index >= 15 is 0 Å². The van der Waals surface area contributed by atoms with E-state index in [9.17, 15) is 14.4 Å². The van der Waals surface area contributed by atoms with Crippen molar-refractivity contribution in [1.82, 2.24) is 0 Å². The maximum atomic E-state index is 12.5. The zero-order chi connectivity index (χ0) is 22.8. The number of benzene rings is 2. The highest BCUT2D eigenvalue weighted by Gasteiger charge is 2.13. The first-order valence-corrected chi connectivity index (χ1v) is 9.11. The summed E-state index contributed by atoms with van der Waals surface area (Å²) >= 11 is 0. The van der Waals surface area contributed by atoms with E-state index in [1.807, 2.05) is 0 Å². The quantitative estimate of drug-likeness (QED) is 0.246. The second kappa shape index (κ2) is 11.2. The van der Waals surface area contributed by atoms with Gasteiger partial charge in [0.15, 0.2) is 0 Å². The van der Waals surface area contributed by atoms with Gasteiger partial charge >= 0.3 is 17.9 Å². The van der Waals surface area contributed by atoms with Gasteiger partial charge in [-0.15, -0.1) is 0 Å². The maximum absolute atomic E-state index is 12.5. The lowest BCUT2D eigenvalue weighted by molar-refractivity contribution is -0.145. The Balaban J connectivity index is 1.96. The Hall–Kier alpha value is -4.07. The number of rotatable bonds is 10. The molecule has 0 aliphatic carbocycles. The molecule has 0 N–H and O–H groups in total. The van der Waals surface area contributed by atoms with Gasteiger partial charge in [0.05, 0.1) is 5.56 Å². The third-order valence-electron chi connectivity index (χ3n) is 3.93. The SMILES string of the molecule is C=CC(=O)OCOc1ccc(OC(=O)c2ccc(OCOC(=O)C=C)c(C)c2)cc1C. The van der Waals surface area contributed by atoms with Crippen LogP contribution in [0, 0.1) is 13.8 Å². The van der Waals surface area contributed by atoms with Gasteiger partial charge in [0.25, 0.3) is 0 Å². The number of aryl methyl sites for hydroxylation is 2. The molecule has 2 rings (SSSR count). The van der Waals surface area contributed by atoms with Gasteiger partial charge in [0.2, 0.25) is 13.6 Å². The minimum absolute atomic E-state index is 0.259. The predicted molar refractivity (Wildman–Crippen MR) is 111 cm³/mol. The van der Waals surface area contributed by atoms with Crippen LogP contribution >= 0.6 is 0 Å². The molecule has 0 radical (unpaired) electrons. The van der Waals surface area contributed by atoms with E-state index in [0.29, 0.717) is 33.9 Å². The van der Waals surface area contributed by atoms with Crippen LogP contribution in [0.2, 0.25) is 0 Å². The van der Waals surface area contributed by atoms with Crippen molar-refractivity contribution in [2.75, 3.05) is 13.6 Å². The van der Waals surface area contributed by atoms with E-state index in [2.05, 4.69) is 13.2 Å². The summed E-state index contributed by atoms with van der Waals surface area (Å²) in [5.41, 5.74) is 1.68. The Bertz CT molecular complexity index is 993. The van der Waals surface area contributed by atoms with Gasteiger partial charge in [-0.2, -0.15) is 0 Å². The van der Waals surface area contributed by atoms with Crippen LogP contribution < -0.4 is 14.2 Å². The lowest BCUT2D eigenvalue weighted by Gasteiger charge is -2.12. The average molecular weight is 426 g/mol. The molecule has 162 valence electrons. The fourth-order valence-corrected chi connectivity index (χ4v) is 2.37. The van der Waals surface area contributed by atoms with Crippen LogP contribution in [0.4, 0.5) is 0 Å².